The lowest BCUT2D eigenvalue weighted by atomic mass is 10.1. The van der Waals surface area contributed by atoms with Gasteiger partial charge >= 0.3 is 0 Å². The molecule has 1 aliphatic heterocycles. The van der Waals surface area contributed by atoms with Crippen LogP contribution < -0.4 is 4.74 Å². The number of nitrogens with zero attached hydrogens (tertiary/aromatic N) is 2. The highest BCUT2D eigenvalue weighted by atomic mass is 16.5. The van der Waals surface area contributed by atoms with Crippen LogP contribution in [-0.2, 0) is 0 Å². The van der Waals surface area contributed by atoms with E-state index in [4.69, 9.17) is 9.15 Å². The minimum atomic E-state index is 0.620. The summed E-state index contributed by atoms with van der Waals surface area (Å²) in [5.41, 5.74) is 2.79. The second-order valence-corrected chi connectivity index (χ2v) is 7.03. The number of fused-ring (bicyclic) bond motifs is 1. The first-order chi connectivity index (χ1) is 13.4. The second kappa shape index (κ2) is 8.87. The molecular weight excluding hydrogens is 336 g/mol. The van der Waals surface area contributed by atoms with Crippen LogP contribution in [0.25, 0.3) is 23.3 Å². The molecular formula is C23H26N2O2. The highest BCUT2D eigenvalue weighted by Gasteiger charge is 2.09. The Morgan fingerprint density at radius 2 is 1.78 bits per heavy atom. The van der Waals surface area contributed by atoms with Gasteiger partial charge in [-0.25, -0.2) is 4.98 Å². The quantitative estimate of drug-likeness (QED) is 0.538. The van der Waals surface area contributed by atoms with Gasteiger partial charge in [0.15, 0.2) is 5.58 Å². The van der Waals surface area contributed by atoms with Crippen molar-refractivity contribution >= 4 is 23.3 Å². The third kappa shape index (κ3) is 4.98. The van der Waals surface area contributed by atoms with E-state index in [9.17, 15) is 0 Å². The molecule has 0 saturated carbocycles. The van der Waals surface area contributed by atoms with Crippen LogP contribution in [0.15, 0.2) is 52.9 Å². The number of rotatable bonds is 7. The van der Waals surface area contributed by atoms with Crippen molar-refractivity contribution in [3.63, 3.8) is 0 Å². The average Bonchev–Trinajstić information content (AvgIpc) is 3.14. The standard InChI is InChI=1S/C23H26N2O2/c1-4-15-25(16-5-1)17-6-18-26-20-12-9-19(10-13-20)11-14-23-24-21-7-2-3-8-22(21)27-23/h2-3,7-14H,1,4-6,15-18H2. The summed E-state index contributed by atoms with van der Waals surface area (Å²) >= 11 is 0. The van der Waals surface area contributed by atoms with Gasteiger partial charge in [0, 0.05) is 12.6 Å². The van der Waals surface area contributed by atoms with Gasteiger partial charge in [-0.3, -0.25) is 0 Å². The fraction of sp³-hybridized carbons (Fsp3) is 0.348. The summed E-state index contributed by atoms with van der Waals surface area (Å²) in [6, 6.07) is 15.9. The minimum Gasteiger partial charge on any atom is -0.494 e. The van der Waals surface area contributed by atoms with Crippen molar-refractivity contribution < 1.29 is 9.15 Å². The summed E-state index contributed by atoms with van der Waals surface area (Å²) in [4.78, 5) is 7.00. The van der Waals surface area contributed by atoms with E-state index in [1.807, 2.05) is 48.6 Å². The molecule has 27 heavy (non-hydrogen) atoms. The molecule has 0 N–H and O–H groups in total. The van der Waals surface area contributed by atoms with Gasteiger partial charge in [-0.15, -0.1) is 0 Å². The predicted molar refractivity (Wildman–Crippen MR) is 110 cm³/mol. The Kier molecular flexibility index (Phi) is 5.85. The maximum absolute atomic E-state index is 5.87. The number of likely N-dealkylation sites (tertiary alicyclic amines) is 1. The summed E-state index contributed by atoms with van der Waals surface area (Å²) in [6.45, 7) is 4.42. The van der Waals surface area contributed by atoms with Crippen LogP contribution >= 0.6 is 0 Å². The zero-order valence-electron chi connectivity index (χ0n) is 15.6. The van der Waals surface area contributed by atoms with Crippen molar-refractivity contribution in [1.29, 1.82) is 0 Å². The van der Waals surface area contributed by atoms with E-state index in [2.05, 4.69) is 22.0 Å². The van der Waals surface area contributed by atoms with Gasteiger partial charge in [-0.05, 0) is 68.3 Å². The first-order valence-corrected chi connectivity index (χ1v) is 9.86. The zero-order valence-corrected chi connectivity index (χ0v) is 15.6. The molecule has 1 aromatic heterocycles. The van der Waals surface area contributed by atoms with Gasteiger partial charge < -0.3 is 14.1 Å². The number of piperidine rings is 1. The highest BCUT2D eigenvalue weighted by Crippen LogP contribution is 2.18. The largest absolute Gasteiger partial charge is 0.494 e. The lowest BCUT2D eigenvalue weighted by Crippen LogP contribution is -2.31. The van der Waals surface area contributed by atoms with Crippen LogP contribution in [0.5, 0.6) is 5.75 Å². The highest BCUT2D eigenvalue weighted by molar-refractivity contribution is 5.75. The molecule has 3 aromatic rings. The van der Waals surface area contributed by atoms with E-state index in [1.54, 1.807) is 0 Å². The molecule has 140 valence electrons. The number of benzene rings is 2. The van der Waals surface area contributed by atoms with Crippen molar-refractivity contribution in [3.05, 3.63) is 60.0 Å². The summed E-state index contributed by atoms with van der Waals surface area (Å²) in [5.74, 6) is 1.54. The first-order valence-electron chi connectivity index (χ1n) is 9.86. The average molecular weight is 362 g/mol. The molecule has 0 radical (unpaired) electrons. The SMILES string of the molecule is C(=Cc1nc2ccccc2o1)c1ccc(OCCCN2CCCCC2)cc1. The lowest BCUT2D eigenvalue weighted by molar-refractivity contribution is 0.205. The predicted octanol–water partition coefficient (Wildman–Crippen LogP) is 5.25. The Morgan fingerprint density at radius 3 is 2.59 bits per heavy atom. The molecule has 0 aliphatic carbocycles. The zero-order chi connectivity index (χ0) is 18.3. The Bertz CT molecular complexity index is 844. The Balaban J connectivity index is 1.25. The lowest BCUT2D eigenvalue weighted by Gasteiger charge is -2.26. The fourth-order valence-electron chi connectivity index (χ4n) is 3.47. The number of hydrogen-bond donors (Lipinski definition) is 0. The molecule has 4 rings (SSSR count). The summed E-state index contributed by atoms with van der Waals surface area (Å²) in [5, 5.41) is 0. The fourth-order valence-corrected chi connectivity index (χ4v) is 3.47. The number of aromatic nitrogens is 1. The Labute approximate surface area is 160 Å². The second-order valence-electron chi connectivity index (χ2n) is 7.03. The summed E-state index contributed by atoms with van der Waals surface area (Å²) < 4.78 is 11.6. The summed E-state index contributed by atoms with van der Waals surface area (Å²) in [6.07, 6.45) is 9.07. The minimum absolute atomic E-state index is 0.620. The maximum atomic E-state index is 5.87. The molecule has 0 bridgehead atoms. The molecule has 0 unspecified atom stereocenters. The van der Waals surface area contributed by atoms with Crippen molar-refractivity contribution in [2.45, 2.75) is 25.7 Å². The third-order valence-electron chi connectivity index (χ3n) is 4.94. The number of ether oxygens (including phenoxy) is 1. The van der Waals surface area contributed by atoms with Crippen LogP contribution in [0, 0.1) is 0 Å². The van der Waals surface area contributed by atoms with E-state index >= 15 is 0 Å². The van der Waals surface area contributed by atoms with Crippen LogP contribution in [0.4, 0.5) is 0 Å². The van der Waals surface area contributed by atoms with E-state index in [-0.39, 0.29) is 0 Å². The van der Waals surface area contributed by atoms with Crippen LogP contribution in [0.3, 0.4) is 0 Å². The molecule has 4 heteroatoms. The van der Waals surface area contributed by atoms with Gasteiger partial charge in [0.2, 0.25) is 5.89 Å². The smallest absolute Gasteiger partial charge is 0.220 e. The topological polar surface area (TPSA) is 38.5 Å². The molecule has 1 saturated heterocycles. The molecule has 4 nitrogen and oxygen atoms in total. The maximum Gasteiger partial charge on any atom is 0.220 e. The van der Waals surface area contributed by atoms with Crippen molar-refractivity contribution in [2.75, 3.05) is 26.2 Å². The molecule has 1 aliphatic rings. The van der Waals surface area contributed by atoms with E-state index in [0.717, 1.165) is 42.0 Å². The van der Waals surface area contributed by atoms with Crippen molar-refractivity contribution in [2.24, 2.45) is 0 Å². The molecule has 0 spiro atoms. The first kappa shape index (κ1) is 17.8. The molecule has 0 amide bonds. The van der Waals surface area contributed by atoms with Crippen LogP contribution in [0.1, 0.15) is 37.1 Å². The van der Waals surface area contributed by atoms with E-state index in [1.165, 1.54) is 32.4 Å². The van der Waals surface area contributed by atoms with E-state index in [0.29, 0.717) is 5.89 Å². The van der Waals surface area contributed by atoms with Crippen LogP contribution in [-0.4, -0.2) is 36.1 Å². The number of para-hydroxylation sites is 2. The van der Waals surface area contributed by atoms with Gasteiger partial charge in [0.1, 0.15) is 11.3 Å². The Hall–Kier alpha value is -2.59. The van der Waals surface area contributed by atoms with Crippen molar-refractivity contribution in [3.8, 4) is 5.75 Å². The van der Waals surface area contributed by atoms with Crippen LogP contribution in [0.2, 0.25) is 0 Å². The third-order valence-corrected chi connectivity index (χ3v) is 4.94. The normalized spacial score (nSPS) is 15.6. The van der Waals surface area contributed by atoms with E-state index < -0.39 is 0 Å². The van der Waals surface area contributed by atoms with Gasteiger partial charge in [0.25, 0.3) is 0 Å². The number of hydrogen-bond acceptors (Lipinski definition) is 4. The van der Waals surface area contributed by atoms with Gasteiger partial charge in [-0.1, -0.05) is 30.7 Å². The molecule has 2 heterocycles. The molecule has 0 atom stereocenters. The van der Waals surface area contributed by atoms with Gasteiger partial charge in [0.05, 0.1) is 6.61 Å². The monoisotopic (exact) mass is 362 g/mol. The Morgan fingerprint density at radius 1 is 0.963 bits per heavy atom. The number of oxazole rings is 1. The molecule has 2 aromatic carbocycles. The van der Waals surface area contributed by atoms with Gasteiger partial charge in [-0.2, -0.15) is 0 Å². The molecule has 1 fully saturated rings. The summed E-state index contributed by atoms with van der Waals surface area (Å²) in [7, 11) is 0. The van der Waals surface area contributed by atoms with Crippen molar-refractivity contribution in [1.82, 2.24) is 9.88 Å².